The summed E-state index contributed by atoms with van der Waals surface area (Å²) in [6, 6.07) is 14.4. The first-order chi connectivity index (χ1) is 14.9. The van der Waals surface area contributed by atoms with Crippen LogP contribution < -0.4 is 5.43 Å². The Labute approximate surface area is 180 Å². The van der Waals surface area contributed by atoms with Crippen molar-refractivity contribution in [3.8, 4) is 11.3 Å². The Kier molecular flexibility index (Phi) is 5.50. The lowest BCUT2D eigenvalue weighted by Crippen LogP contribution is -2.52. The van der Waals surface area contributed by atoms with Crippen LogP contribution in [0, 0.1) is 6.92 Å². The SMILES string of the molecule is Cc1c(-c2ccccc2)oc2c(C(=O)N3CCN(C(=O)N(C)C)CC3)cccc2c1=O. The molecule has 7 nitrogen and oxygen atoms in total. The molecule has 1 aromatic heterocycles. The zero-order valence-corrected chi connectivity index (χ0v) is 17.9. The Hall–Kier alpha value is -3.61. The molecule has 0 radical (unpaired) electrons. The smallest absolute Gasteiger partial charge is 0.319 e. The fourth-order valence-electron chi connectivity index (χ4n) is 3.90. The number of urea groups is 1. The zero-order valence-electron chi connectivity index (χ0n) is 17.9. The molecule has 1 saturated heterocycles. The van der Waals surface area contributed by atoms with Gasteiger partial charge in [0.15, 0.2) is 11.0 Å². The second-order valence-corrected chi connectivity index (χ2v) is 7.89. The van der Waals surface area contributed by atoms with Crippen LogP contribution in [0.3, 0.4) is 0 Å². The zero-order chi connectivity index (χ0) is 22.1. The molecule has 0 atom stereocenters. The molecule has 0 spiro atoms. The van der Waals surface area contributed by atoms with Crippen LogP contribution in [0.2, 0.25) is 0 Å². The fraction of sp³-hybridized carbons (Fsp3) is 0.292. The monoisotopic (exact) mass is 419 g/mol. The van der Waals surface area contributed by atoms with Gasteiger partial charge in [-0.05, 0) is 19.1 Å². The summed E-state index contributed by atoms with van der Waals surface area (Å²) in [6.45, 7) is 3.52. The van der Waals surface area contributed by atoms with Crippen molar-refractivity contribution in [3.63, 3.8) is 0 Å². The Balaban J connectivity index is 1.70. The van der Waals surface area contributed by atoms with Crippen molar-refractivity contribution in [2.75, 3.05) is 40.3 Å². The molecular weight excluding hydrogens is 394 g/mol. The number of piperazine rings is 1. The Morgan fingerprint density at radius 1 is 0.903 bits per heavy atom. The first kappa shape index (κ1) is 20.7. The maximum absolute atomic E-state index is 13.3. The third kappa shape index (κ3) is 3.79. The van der Waals surface area contributed by atoms with E-state index in [9.17, 15) is 14.4 Å². The maximum Gasteiger partial charge on any atom is 0.319 e. The average molecular weight is 419 g/mol. The lowest BCUT2D eigenvalue weighted by molar-refractivity contribution is 0.0651. The molecule has 3 aromatic rings. The molecule has 0 bridgehead atoms. The lowest BCUT2D eigenvalue weighted by Gasteiger charge is -2.36. The predicted molar refractivity (Wildman–Crippen MR) is 119 cm³/mol. The van der Waals surface area contributed by atoms with Crippen LogP contribution in [0.5, 0.6) is 0 Å². The summed E-state index contributed by atoms with van der Waals surface area (Å²) < 4.78 is 6.17. The molecule has 4 rings (SSSR count). The molecule has 0 N–H and O–H groups in total. The summed E-state index contributed by atoms with van der Waals surface area (Å²) in [5, 5.41) is 0.393. The first-order valence-corrected chi connectivity index (χ1v) is 10.3. The van der Waals surface area contributed by atoms with Crippen LogP contribution in [-0.2, 0) is 0 Å². The minimum atomic E-state index is -0.200. The highest BCUT2D eigenvalue weighted by atomic mass is 16.3. The van der Waals surface area contributed by atoms with E-state index in [4.69, 9.17) is 4.42 Å². The molecule has 7 heteroatoms. The standard InChI is InChI=1S/C24H25N3O4/c1-16-20(28)18-10-7-11-19(22(18)31-21(16)17-8-5-4-6-9-17)23(29)26-12-14-27(15-13-26)24(30)25(2)3/h4-11H,12-15H2,1-3H3. The van der Waals surface area contributed by atoms with E-state index in [2.05, 4.69) is 0 Å². The summed E-state index contributed by atoms with van der Waals surface area (Å²) in [4.78, 5) is 43.5. The number of hydrogen-bond donors (Lipinski definition) is 0. The highest BCUT2D eigenvalue weighted by Gasteiger charge is 2.27. The van der Waals surface area contributed by atoms with Crippen LogP contribution >= 0.6 is 0 Å². The summed E-state index contributed by atoms with van der Waals surface area (Å²) in [6.07, 6.45) is 0. The van der Waals surface area contributed by atoms with E-state index in [1.807, 2.05) is 30.3 Å². The van der Waals surface area contributed by atoms with Gasteiger partial charge in [-0.2, -0.15) is 0 Å². The Morgan fingerprint density at radius 2 is 1.55 bits per heavy atom. The summed E-state index contributed by atoms with van der Waals surface area (Å²) >= 11 is 0. The summed E-state index contributed by atoms with van der Waals surface area (Å²) in [5.41, 5.74) is 1.82. The van der Waals surface area contributed by atoms with Crippen molar-refractivity contribution in [3.05, 3.63) is 69.9 Å². The second-order valence-electron chi connectivity index (χ2n) is 7.89. The lowest BCUT2D eigenvalue weighted by atomic mass is 10.0. The normalized spacial score (nSPS) is 14.0. The molecule has 3 amide bonds. The van der Waals surface area contributed by atoms with Crippen molar-refractivity contribution in [2.45, 2.75) is 6.92 Å². The summed E-state index contributed by atoms with van der Waals surface area (Å²) in [7, 11) is 3.43. The molecule has 160 valence electrons. The molecule has 31 heavy (non-hydrogen) atoms. The van der Waals surface area contributed by atoms with Gasteiger partial charge in [0.1, 0.15) is 5.76 Å². The molecule has 2 aromatic carbocycles. The van der Waals surface area contributed by atoms with Crippen LogP contribution in [-0.4, -0.2) is 66.9 Å². The van der Waals surface area contributed by atoms with Crippen LogP contribution in [0.15, 0.2) is 57.7 Å². The molecular formula is C24H25N3O4. The summed E-state index contributed by atoms with van der Waals surface area (Å²) in [5.74, 6) is 0.272. The minimum Gasteiger partial charge on any atom is -0.455 e. The number of fused-ring (bicyclic) bond motifs is 1. The highest BCUT2D eigenvalue weighted by molar-refractivity contribution is 6.05. The van der Waals surface area contributed by atoms with E-state index in [1.54, 1.807) is 49.0 Å². The van der Waals surface area contributed by atoms with Gasteiger partial charge in [0.25, 0.3) is 5.91 Å². The van der Waals surface area contributed by atoms with Gasteiger partial charge in [0, 0.05) is 51.4 Å². The van der Waals surface area contributed by atoms with E-state index in [0.29, 0.717) is 54.0 Å². The predicted octanol–water partition coefficient (Wildman–Crippen LogP) is 3.21. The Morgan fingerprint density at radius 3 is 2.19 bits per heavy atom. The molecule has 0 saturated carbocycles. The van der Waals surface area contributed by atoms with Crippen molar-refractivity contribution >= 4 is 22.9 Å². The van der Waals surface area contributed by atoms with Crippen molar-refractivity contribution < 1.29 is 14.0 Å². The maximum atomic E-state index is 13.3. The van der Waals surface area contributed by atoms with Gasteiger partial charge >= 0.3 is 6.03 Å². The van der Waals surface area contributed by atoms with Gasteiger partial charge in [-0.1, -0.05) is 36.4 Å². The van der Waals surface area contributed by atoms with Crippen LogP contribution in [0.1, 0.15) is 15.9 Å². The van der Waals surface area contributed by atoms with E-state index in [-0.39, 0.29) is 17.4 Å². The van der Waals surface area contributed by atoms with Gasteiger partial charge < -0.3 is 19.1 Å². The number of nitrogens with zero attached hydrogens (tertiary/aromatic N) is 3. The molecule has 2 heterocycles. The molecule has 0 aliphatic carbocycles. The number of hydrogen-bond acceptors (Lipinski definition) is 4. The minimum absolute atomic E-state index is 0.0637. The highest BCUT2D eigenvalue weighted by Crippen LogP contribution is 2.28. The molecule has 1 aliphatic heterocycles. The molecule has 0 unspecified atom stereocenters. The number of benzene rings is 2. The topological polar surface area (TPSA) is 74.1 Å². The number of para-hydroxylation sites is 1. The number of carbonyl (C=O) groups excluding carboxylic acids is 2. The molecule has 1 aliphatic rings. The van der Waals surface area contributed by atoms with E-state index >= 15 is 0 Å². The largest absolute Gasteiger partial charge is 0.455 e. The number of carbonyl (C=O) groups is 2. The quantitative estimate of drug-likeness (QED) is 0.639. The van der Waals surface area contributed by atoms with Crippen LogP contribution in [0.25, 0.3) is 22.3 Å². The Bertz CT molecular complexity index is 1190. The number of rotatable bonds is 2. The van der Waals surface area contributed by atoms with E-state index < -0.39 is 0 Å². The van der Waals surface area contributed by atoms with Gasteiger partial charge in [0.05, 0.1) is 10.9 Å². The van der Waals surface area contributed by atoms with Crippen molar-refractivity contribution in [2.24, 2.45) is 0 Å². The van der Waals surface area contributed by atoms with E-state index in [1.165, 1.54) is 4.90 Å². The van der Waals surface area contributed by atoms with E-state index in [0.717, 1.165) is 5.56 Å². The molecule has 1 fully saturated rings. The third-order valence-corrected chi connectivity index (χ3v) is 5.63. The average Bonchev–Trinajstić information content (AvgIpc) is 2.80. The fourth-order valence-corrected chi connectivity index (χ4v) is 3.90. The van der Waals surface area contributed by atoms with Crippen LogP contribution in [0.4, 0.5) is 4.79 Å². The van der Waals surface area contributed by atoms with Gasteiger partial charge in [-0.3, -0.25) is 9.59 Å². The second kappa shape index (κ2) is 8.26. The van der Waals surface area contributed by atoms with Gasteiger partial charge in [-0.15, -0.1) is 0 Å². The number of amides is 3. The van der Waals surface area contributed by atoms with Crippen molar-refractivity contribution in [1.82, 2.24) is 14.7 Å². The first-order valence-electron chi connectivity index (χ1n) is 10.3. The van der Waals surface area contributed by atoms with Gasteiger partial charge in [-0.25, -0.2) is 4.79 Å². The third-order valence-electron chi connectivity index (χ3n) is 5.63. The van der Waals surface area contributed by atoms with Crippen molar-refractivity contribution in [1.29, 1.82) is 0 Å². The van der Waals surface area contributed by atoms with Gasteiger partial charge in [0.2, 0.25) is 0 Å².